The Kier molecular flexibility index (Phi) is 6.05. The second-order valence-electron chi connectivity index (χ2n) is 12.8. The molecule has 0 unspecified atom stereocenters. The molecule has 51 heavy (non-hydrogen) atoms. The van der Waals surface area contributed by atoms with Gasteiger partial charge in [0, 0.05) is 64.1 Å². The van der Waals surface area contributed by atoms with Gasteiger partial charge in [-0.05, 0) is 54.6 Å². The first-order valence-corrected chi connectivity index (χ1v) is 17.8. The van der Waals surface area contributed by atoms with Gasteiger partial charge in [0.2, 0.25) is 0 Å². The third kappa shape index (κ3) is 4.30. The third-order valence-corrected chi connectivity index (χ3v) is 11.1. The molecule has 4 heterocycles. The van der Waals surface area contributed by atoms with Crippen molar-refractivity contribution in [2.75, 3.05) is 0 Å². The molecule has 11 aromatic rings. The number of hydrogen-bond donors (Lipinski definition) is 0. The summed E-state index contributed by atoms with van der Waals surface area (Å²) in [6.07, 6.45) is 0. The van der Waals surface area contributed by atoms with E-state index in [-0.39, 0.29) is 0 Å². The molecule has 0 aliphatic rings. The standard InChI is InChI=1S/C45H26N4OS/c1-2-12-28(13-3-1)49-36-20-7-4-16-33(36)41-34(18-11-21-37(41)49)44-46-43(27-24-25-30-29-14-5-8-22-38(29)50-39(30)26-27)47-45(48-44)35-19-10-17-32-31-15-6-9-23-40(31)51-42(32)35/h1-26H. The van der Waals surface area contributed by atoms with Crippen LogP contribution in [0.5, 0.6) is 0 Å². The Hall–Kier alpha value is -6.63. The van der Waals surface area contributed by atoms with Crippen LogP contribution in [0.15, 0.2) is 162 Å². The Bertz CT molecular complexity index is 3150. The summed E-state index contributed by atoms with van der Waals surface area (Å²) >= 11 is 1.78. The highest BCUT2D eigenvalue weighted by atomic mass is 32.1. The topological polar surface area (TPSA) is 56.7 Å². The van der Waals surface area contributed by atoms with E-state index in [1.54, 1.807) is 11.3 Å². The number of hydrogen-bond acceptors (Lipinski definition) is 5. The van der Waals surface area contributed by atoms with Gasteiger partial charge in [-0.3, -0.25) is 0 Å². The van der Waals surface area contributed by atoms with Crippen molar-refractivity contribution in [2.24, 2.45) is 0 Å². The van der Waals surface area contributed by atoms with E-state index in [4.69, 9.17) is 19.4 Å². The van der Waals surface area contributed by atoms with Crippen LogP contribution in [0.1, 0.15) is 0 Å². The van der Waals surface area contributed by atoms with Crippen molar-refractivity contribution in [1.29, 1.82) is 0 Å². The summed E-state index contributed by atoms with van der Waals surface area (Å²) in [5, 5.41) is 6.85. The number of para-hydroxylation sites is 3. The van der Waals surface area contributed by atoms with Crippen molar-refractivity contribution in [2.45, 2.75) is 0 Å². The zero-order chi connectivity index (χ0) is 33.5. The second kappa shape index (κ2) is 10.9. The first-order valence-electron chi connectivity index (χ1n) is 16.9. The molecule has 0 amide bonds. The van der Waals surface area contributed by atoms with E-state index in [1.807, 2.05) is 18.2 Å². The molecule has 0 bridgehead atoms. The molecule has 11 rings (SSSR count). The van der Waals surface area contributed by atoms with Gasteiger partial charge < -0.3 is 8.98 Å². The zero-order valence-corrected chi connectivity index (χ0v) is 27.9. The molecule has 7 aromatic carbocycles. The Balaban J connectivity index is 1.21. The van der Waals surface area contributed by atoms with E-state index in [2.05, 4.69) is 144 Å². The van der Waals surface area contributed by atoms with E-state index >= 15 is 0 Å². The van der Waals surface area contributed by atoms with Crippen LogP contribution < -0.4 is 0 Å². The molecule has 0 fully saturated rings. The lowest BCUT2D eigenvalue weighted by atomic mass is 10.0. The van der Waals surface area contributed by atoms with Crippen molar-refractivity contribution in [3.05, 3.63) is 158 Å². The van der Waals surface area contributed by atoms with Gasteiger partial charge in [0.1, 0.15) is 11.2 Å². The maximum absolute atomic E-state index is 6.31. The first kappa shape index (κ1) is 28.2. The van der Waals surface area contributed by atoms with E-state index < -0.39 is 0 Å². The number of furan rings is 1. The van der Waals surface area contributed by atoms with Gasteiger partial charge >= 0.3 is 0 Å². The molecule has 0 saturated heterocycles. The Labute approximate surface area is 295 Å². The average molecular weight is 671 g/mol. The molecule has 0 N–H and O–H groups in total. The van der Waals surface area contributed by atoms with Gasteiger partial charge in [0.15, 0.2) is 17.5 Å². The number of aromatic nitrogens is 4. The number of nitrogens with zero attached hydrogens (tertiary/aromatic N) is 4. The molecular formula is C45H26N4OS. The van der Waals surface area contributed by atoms with Gasteiger partial charge in [-0.2, -0.15) is 0 Å². The highest BCUT2D eigenvalue weighted by Crippen LogP contribution is 2.42. The molecular weight excluding hydrogens is 645 g/mol. The lowest BCUT2D eigenvalue weighted by Crippen LogP contribution is -2.00. The summed E-state index contributed by atoms with van der Waals surface area (Å²) in [4.78, 5) is 15.8. The summed E-state index contributed by atoms with van der Waals surface area (Å²) < 4.78 is 11.0. The molecule has 4 aromatic heterocycles. The van der Waals surface area contributed by atoms with Crippen molar-refractivity contribution in [1.82, 2.24) is 19.5 Å². The molecule has 5 nitrogen and oxygen atoms in total. The van der Waals surface area contributed by atoms with Crippen LogP contribution in [0.3, 0.4) is 0 Å². The van der Waals surface area contributed by atoms with Crippen LogP contribution >= 0.6 is 11.3 Å². The Morgan fingerprint density at radius 1 is 0.451 bits per heavy atom. The third-order valence-electron chi connectivity index (χ3n) is 9.87. The molecule has 0 saturated carbocycles. The quantitative estimate of drug-likeness (QED) is 0.187. The Morgan fingerprint density at radius 3 is 2.00 bits per heavy atom. The molecule has 0 aliphatic heterocycles. The van der Waals surface area contributed by atoms with Crippen LogP contribution in [0.2, 0.25) is 0 Å². The largest absolute Gasteiger partial charge is 0.456 e. The first-order chi connectivity index (χ1) is 25.3. The molecule has 238 valence electrons. The van der Waals surface area contributed by atoms with Crippen LogP contribution in [-0.4, -0.2) is 19.5 Å². The van der Waals surface area contributed by atoms with Crippen LogP contribution in [0, 0.1) is 0 Å². The fourth-order valence-electron chi connectivity index (χ4n) is 7.60. The minimum Gasteiger partial charge on any atom is -0.456 e. The van der Waals surface area contributed by atoms with Crippen LogP contribution in [0.25, 0.3) is 104 Å². The molecule has 0 radical (unpaired) electrons. The summed E-state index contributed by atoms with van der Waals surface area (Å²) in [5.41, 5.74) is 7.81. The van der Waals surface area contributed by atoms with Crippen LogP contribution in [0.4, 0.5) is 0 Å². The highest BCUT2D eigenvalue weighted by molar-refractivity contribution is 7.26. The summed E-state index contributed by atoms with van der Waals surface area (Å²) in [6.45, 7) is 0. The van der Waals surface area contributed by atoms with Crippen molar-refractivity contribution in [3.63, 3.8) is 0 Å². The lowest BCUT2D eigenvalue weighted by Gasteiger charge is -2.11. The van der Waals surface area contributed by atoms with Gasteiger partial charge in [-0.15, -0.1) is 11.3 Å². The van der Waals surface area contributed by atoms with E-state index in [1.165, 1.54) is 15.5 Å². The molecule has 6 heteroatoms. The molecule has 0 spiro atoms. The van der Waals surface area contributed by atoms with Crippen molar-refractivity contribution < 1.29 is 4.42 Å². The fraction of sp³-hybridized carbons (Fsp3) is 0. The van der Waals surface area contributed by atoms with Crippen LogP contribution in [-0.2, 0) is 0 Å². The molecule has 0 atom stereocenters. The predicted molar refractivity (Wildman–Crippen MR) is 211 cm³/mol. The van der Waals surface area contributed by atoms with Gasteiger partial charge in [-0.1, -0.05) is 103 Å². The SMILES string of the molecule is c1ccc(-n2c3ccccc3c3c(-c4nc(-c5ccc6c(c5)oc5ccccc56)nc(-c5cccc6c5sc5ccccc56)n4)cccc32)cc1. The zero-order valence-electron chi connectivity index (χ0n) is 27.1. The van der Waals surface area contributed by atoms with Gasteiger partial charge in [0.05, 0.1) is 11.0 Å². The number of rotatable bonds is 4. The minimum absolute atomic E-state index is 0.597. The summed E-state index contributed by atoms with van der Waals surface area (Å²) in [7, 11) is 0. The predicted octanol–water partition coefficient (Wildman–Crippen LogP) is 12.2. The summed E-state index contributed by atoms with van der Waals surface area (Å²) in [6, 6.07) is 54.9. The monoisotopic (exact) mass is 670 g/mol. The normalized spacial score (nSPS) is 11.9. The minimum atomic E-state index is 0.597. The lowest BCUT2D eigenvalue weighted by molar-refractivity contribution is 0.669. The van der Waals surface area contributed by atoms with Crippen molar-refractivity contribution >= 4 is 75.3 Å². The molecule has 0 aliphatic carbocycles. The highest BCUT2D eigenvalue weighted by Gasteiger charge is 2.21. The maximum atomic E-state index is 6.31. The summed E-state index contributed by atoms with van der Waals surface area (Å²) in [5.74, 6) is 1.86. The average Bonchev–Trinajstić information content (AvgIpc) is 3.87. The van der Waals surface area contributed by atoms with Gasteiger partial charge in [-0.25, -0.2) is 15.0 Å². The smallest absolute Gasteiger partial charge is 0.165 e. The number of benzene rings is 7. The fourth-order valence-corrected chi connectivity index (χ4v) is 8.81. The number of thiophene rings is 1. The number of fused-ring (bicyclic) bond motifs is 9. The van der Waals surface area contributed by atoms with E-state index in [9.17, 15) is 0 Å². The van der Waals surface area contributed by atoms with E-state index in [0.717, 1.165) is 70.8 Å². The second-order valence-corrected chi connectivity index (χ2v) is 13.8. The van der Waals surface area contributed by atoms with Gasteiger partial charge in [0.25, 0.3) is 0 Å². The maximum Gasteiger partial charge on any atom is 0.165 e. The Morgan fingerprint density at radius 2 is 1.10 bits per heavy atom. The van der Waals surface area contributed by atoms with E-state index in [0.29, 0.717) is 17.5 Å². The van der Waals surface area contributed by atoms with Crippen molar-refractivity contribution in [3.8, 4) is 39.9 Å².